The highest BCUT2D eigenvalue weighted by molar-refractivity contribution is 6.34. The summed E-state index contributed by atoms with van der Waals surface area (Å²) < 4.78 is 0. The summed E-state index contributed by atoms with van der Waals surface area (Å²) in [6.45, 7) is 3.04. The van der Waals surface area contributed by atoms with E-state index in [4.69, 9.17) is 28.5 Å². The molecule has 1 aromatic rings. The van der Waals surface area contributed by atoms with E-state index in [2.05, 4.69) is 11.1 Å². The van der Waals surface area contributed by atoms with Crippen LogP contribution in [-0.2, 0) is 0 Å². The standard InChI is InChI=1S/C13H13Cl2N3O/c1-13(8-16)4-6-18(7-5-13)12(19)9-2-3-10(14)17-11(9)15/h2-3H,4-7H2,1H3. The van der Waals surface area contributed by atoms with Crippen molar-refractivity contribution in [3.8, 4) is 6.07 Å². The van der Waals surface area contributed by atoms with Gasteiger partial charge in [0.05, 0.1) is 17.0 Å². The van der Waals surface area contributed by atoms with Crippen LogP contribution in [0, 0.1) is 16.7 Å². The largest absolute Gasteiger partial charge is 0.338 e. The number of pyridine rings is 1. The molecular weight excluding hydrogens is 285 g/mol. The second-order valence-electron chi connectivity index (χ2n) is 4.94. The van der Waals surface area contributed by atoms with Gasteiger partial charge in [0.15, 0.2) is 0 Å². The van der Waals surface area contributed by atoms with Crippen molar-refractivity contribution in [3.63, 3.8) is 0 Å². The number of nitriles is 1. The van der Waals surface area contributed by atoms with Crippen LogP contribution in [0.5, 0.6) is 0 Å². The van der Waals surface area contributed by atoms with E-state index in [9.17, 15) is 4.79 Å². The number of hydrogen-bond acceptors (Lipinski definition) is 3. The summed E-state index contributed by atoms with van der Waals surface area (Å²) in [7, 11) is 0. The molecular formula is C13H13Cl2N3O. The van der Waals surface area contributed by atoms with Gasteiger partial charge in [-0.1, -0.05) is 23.2 Å². The normalized spacial score (nSPS) is 17.9. The van der Waals surface area contributed by atoms with Crippen molar-refractivity contribution >= 4 is 29.1 Å². The summed E-state index contributed by atoms with van der Waals surface area (Å²) >= 11 is 11.6. The fourth-order valence-corrected chi connectivity index (χ4v) is 2.48. The number of amides is 1. The first kappa shape index (κ1) is 14.1. The first-order valence-corrected chi connectivity index (χ1v) is 6.73. The molecule has 0 aliphatic carbocycles. The summed E-state index contributed by atoms with van der Waals surface area (Å²) in [6, 6.07) is 5.43. The molecule has 0 N–H and O–H groups in total. The summed E-state index contributed by atoms with van der Waals surface area (Å²) in [5.74, 6) is -0.158. The Labute approximate surface area is 121 Å². The highest BCUT2D eigenvalue weighted by Gasteiger charge is 2.32. The van der Waals surface area contributed by atoms with Crippen LogP contribution >= 0.6 is 23.2 Å². The SMILES string of the molecule is CC1(C#N)CCN(C(=O)c2ccc(Cl)nc2Cl)CC1. The van der Waals surface area contributed by atoms with Gasteiger partial charge in [-0.3, -0.25) is 4.79 Å². The molecule has 0 aromatic carbocycles. The summed E-state index contributed by atoms with van der Waals surface area (Å²) in [5.41, 5.74) is 0.0189. The van der Waals surface area contributed by atoms with E-state index in [1.807, 2.05) is 6.92 Å². The van der Waals surface area contributed by atoms with Crippen molar-refractivity contribution in [3.05, 3.63) is 28.0 Å². The van der Waals surface area contributed by atoms with E-state index in [1.165, 1.54) is 0 Å². The molecule has 1 fully saturated rings. The number of hydrogen-bond donors (Lipinski definition) is 0. The van der Waals surface area contributed by atoms with E-state index in [0.29, 0.717) is 31.5 Å². The third-order valence-electron chi connectivity index (χ3n) is 3.47. The highest BCUT2D eigenvalue weighted by Crippen LogP contribution is 2.31. The molecule has 6 heteroatoms. The van der Waals surface area contributed by atoms with Gasteiger partial charge in [-0.15, -0.1) is 0 Å². The molecule has 0 unspecified atom stereocenters. The lowest BCUT2D eigenvalue weighted by Gasteiger charge is -2.35. The number of piperidine rings is 1. The molecule has 100 valence electrons. The molecule has 1 saturated heterocycles. The van der Waals surface area contributed by atoms with E-state index < -0.39 is 0 Å². The Morgan fingerprint density at radius 3 is 2.58 bits per heavy atom. The molecule has 0 saturated carbocycles. The summed E-state index contributed by atoms with van der Waals surface area (Å²) in [4.78, 5) is 17.9. The van der Waals surface area contributed by atoms with Crippen LogP contribution in [0.1, 0.15) is 30.1 Å². The van der Waals surface area contributed by atoms with E-state index in [1.54, 1.807) is 17.0 Å². The first-order valence-electron chi connectivity index (χ1n) is 5.98. The van der Waals surface area contributed by atoms with Crippen LogP contribution in [0.4, 0.5) is 0 Å². The molecule has 0 spiro atoms. The molecule has 2 heterocycles. The first-order chi connectivity index (χ1) is 8.95. The second-order valence-corrected chi connectivity index (χ2v) is 5.68. The number of likely N-dealkylation sites (tertiary alicyclic amines) is 1. The van der Waals surface area contributed by atoms with Crippen molar-refractivity contribution in [2.45, 2.75) is 19.8 Å². The zero-order chi connectivity index (χ0) is 14.0. The number of halogens is 2. The number of rotatable bonds is 1. The fourth-order valence-electron chi connectivity index (χ4n) is 2.06. The van der Waals surface area contributed by atoms with Gasteiger partial charge in [0.1, 0.15) is 10.3 Å². The number of nitrogens with zero attached hydrogens (tertiary/aromatic N) is 3. The maximum atomic E-state index is 12.3. The third-order valence-corrected chi connectivity index (χ3v) is 3.97. The van der Waals surface area contributed by atoms with Crippen LogP contribution in [0.15, 0.2) is 12.1 Å². The second kappa shape index (κ2) is 5.36. The highest BCUT2D eigenvalue weighted by atomic mass is 35.5. The zero-order valence-corrected chi connectivity index (χ0v) is 12.0. The van der Waals surface area contributed by atoms with E-state index in [0.717, 1.165) is 0 Å². The van der Waals surface area contributed by atoms with Crippen molar-refractivity contribution < 1.29 is 4.79 Å². The third kappa shape index (κ3) is 2.99. The maximum Gasteiger partial charge on any atom is 0.256 e. The fraction of sp³-hybridized carbons (Fsp3) is 0.462. The average molecular weight is 298 g/mol. The number of aromatic nitrogens is 1. The van der Waals surface area contributed by atoms with Crippen LogP contribution in [0.25, 0.3) is 0 Å². The van der Waals surface area contributed by atoms with Crippen LogP contribution in [0.2, 0.25) is 10.3 Å². The Kier molecular flexibility index (Phi) is 3.98. The maximum absolute atomic E-state index is 12.3. The molecule has 0 bridgehead atoms. The quantitative estimate of drug-likeness (QED) is 0.748. The molecule has 4 nitrogen and oxygen atoms in total. The van der Waals surface area contributed by atoms with Crippen LogP contribution in [-0.4, -0.2) is 28.9 Å². The lowest BCUT2D eigenvalue weighted by molar-refractivity contribution is 0.0661. The predicted octanol–water partition coefficient (Wildman–Crippen LogP) is 3.15. The van der Waals surface area contributed by atoms with Gasteiger partial charge >= 0.3 is 0 Å². The van der Waals surface area contributed by atoms with Gasteiger partial charge in [-0.05, 0) is 31.9 Å². The molecule has 1 aromatic heterocycles. The van der Waals surface area contributed by atoms with Crippen molar-refractivity contribution in [1.82, 2.24) is 9.88 Å². The Morgan fingerprint density at radius 2 is 2.05 bits per heavy atom. The Morgan fingerprint density at radius 1 is 1.42 bits per heavy atom. The molecule has 0 atom stereocenters. The Hall–Kier alpha value is -1.31. The van der Waals surface area contributed by atoms with Gasteiger partial charge < -0.3 is 4.90 Å². The Balaban J connectivity index is 2.12. The van der Waals surface area contributed by atoms with Gasteiger partial charge in [0.2, 0.25) is 0 Å². The predicted molar refractivity (Wildman–Crippen MR) is 73.1 cm³/mol. The van der Waals surface area contributed by atoms with Gasteiger partial charge in [-0.2, -0.15) is 5.26 Å². The average Bonchev–Trinajstić information content (AvgIpc) is 2.39. The number of carbonyl (C=O) groups excluding carboxylic acids is 1. The van der Waals surface area contributed by atoms with Crippen molar-refractivity contribution in [2.24, 2.45) is 5.41 Å². The zero-order valence-electron chi connectivity index (χ0n) is 10.5. The molecule has 1 amide bonds. The minimum Gasteiger partial charge on any atom is -0.338 e. The van der Waals surface area contributed by atoms with Crippen LogP contribution < -0.4 is 0 Å². The van der Waals surface area contributed by atoms with Crippen molar-refractivity contribution in [2.75, 3.05) is 13.1 Å². The van der Waals surface area contributed by atoms with Crippen molar-refractivity contribution in [1.29, 1.82) is 5.26 Å². The lowest BCUT2D eigenvalue weighted by Crippen LogP contribution is -2.41. The monoisotopic (exact) mass is 297 g/mol. The van der Waals surface area contributed by atoms with Gasteiger partial charge in [-0.25, -0.2) is 4.98 Å². The van der Waals surface area contributed by atoms with Gasteiger partial charge in [0.25, 0.3) is 5.91 Å². The van der Waals surface area contributed by atoms with Gasteiger partial charge in [0, 0.05) is 13.1 Å². The number of carbonyl (C=O) groups is 1. The summed E-state index contributed by atoms with van der Waals surface area (Å²) in [6.07, 6.45) is 1.35. The molecule has 1 aliphatic heterocycles. The molecule has 0 radical (unpaired) electrons. The molecule has 1 aliphatic rings. The minimum absolute atomic E-state index is 0.117. The Bertz CT molecular complexity index is 545. The van der Waals surface area contributed by atoms with E-state index in [-0.39, 0.29) is 21.6 Å². The summed E-state index contributed by atoms with van der Waals surface area (Å²) in [5, 5.41) is 9.45. The molecule has 19 heavy (non-hydrogen) atoms. The van der Waals surface area contributed by atoms with E-state index >= 15 is 0 Å². The topological polar surface area (TPSA) is 57.0 Å². The lowest BCUT2D eigenvalue weighted by atomic mass is 9.82. The van der Waals surface area contributed by atoms with Crippen LogP contribution in [0.3, 0.4) is 0 Å². The minimum atomic E-state index is -0.335. The smallest absolute Gasteiger partial charge is 0.256 e. The molecule has 2 rings (SSSR count).